The lowest BCUT2D eigenvalue weighted by Crippen LogP contribution is -2.29. The topological polar surface area (TPSA) is 84.3 Å². The second-order valence-electron chi connectivity index (χ2n) is 3.36. The molecule has 1 aromatic carbocycles. The molecule has 94 valence electrons. The lowest BCUT2D eigenvalue weighted by atomic mass is 10.3. The first-order chi connectivity index (χ1) is 8.63. The van der Waals surface area contributed by atoms with Crippen LogP contribution < -0.4 is 10.6 Å². The van der Waals surface area contributed by atoms with Crippen LogP contribution in [0.15, 0.2) is 24.3 Å². The number of hydrogen-bond donors (Lipinski definition) is 2. The first-order valence-corrected chi connectivity index (χ1v) is 5.32. The number of hydrogen-bond acceptors (Lipinski definition) is 3. The van der Waals surface area contributed by atoms with Gasteiger partial charge in [0.25, 0.3) is 5.69 Å². The highest BCUT2D eigenvalue weighted by Crippen LogP contribution is 2.14. The molecule has 0 fully saturated rings. The molecule has 0 radical (unpaired) electrons. The van der Waals surface area contributed by atoms with E-state index in [4.69, 9.17) is 0 Å². The number of carbonyl (C=O) groups excluding carboxylic acids is 1. The average Bonchev–Trinajstić information content (AvgIpc) is 2.35. The minimum atomic E-state index is -0.493. The molecular formula is C12H13N3O3. The molecule has 0 aliphatic carbocycles. The number of urea groups is 1. The van der Waals surface area contributed by atoms with Gasteiger partial charge in [-0.15, -0.1) is 11.8 Å². The summed E-state index contributed by atoms with van der Waals surface area (Å²) in [5.41, 5.74) is 0.485. The van der Waals surface area contributed by atoms with E-state index in [0.717, 1.165) is 0 Å². The maximum Gasteiger partial charge on any atom is 0.319 e. The fourth-order valence-corrected chi connectivity index (χ4v) is 1.21. The normalized spacial score (nSPS) is 8.94. The van der Waals surface area contributed by atoms with E-state index in [9.17, 15) is 14.9 Å². The lowest BCUT2D eigenvalue weighted by Gasteiger charge is -2.05. The van der Waals surface area contributed by atoms with E-state index >= 15 is 0 Å². The number of rotatable bonds is 4. The van der Waals surface area contributed by atoms with Crippen LogP contribution in [0.1, 0.15) is 13.3 Å². The van der Waals surface area contributed by atoms with E-state index in [1.807, 2.05) is 0 Å². The summed E-state index contributed by atoms with van der Waals surface area (Å²) in [5, 5.41) is 15.6. The summed E-state index contributed by atoms with van der Waals surface area (Å²) in [6, 6.07) is 5.26. The van der Waals surface area contributed by atoms with Crippen molar-refractivity contribution in [2.75, 3.05) is 11.9 Å². The summed E-state index contributed by atoms with van der Waals surface area (Å²) >= 11 is 0. The quantitative estimate of drug-likeness (QED) is 0.370. The van der Waals surface area contributed by atoms with Crippen molar-refractivity contribution in [2.24, 2.45) is 0 Å². The third-order valence-electron chi connectivity index (χ3n) is 2.05. The molecule has 0 atom stereocenters. The van der Waals surface area contributed by atoms with Gasteiger partial charge in [0.15, 0.2) is 0 Å². The average molecular weight is 247 g/mol. The van der Waals surface area contributed by atoms with Crippen molar-refractivity contribution in [2.45, 2.75) is 13.3 Å². The zero-order valence-electron chi connectivity index (χ0n) is 9.90. The maximum atomic E-state index is 11.4. The van der Waals surface area contributed by atoms with Crippen molar-refractivity contribution in [1.82, 2.24) is 5.32 Å². The molecule has 0 aliphatic heterocycles. The maximum absolute atomic E-state index is 11.4. The Kier molecular flexibility index (Phi) is 5.19. The second kappa shape index (κ2) is 6.91. The van der Waals surface area contributed by atoms with Crippen LogP contribution in [0.2, 0.25) is 0 Å². The van der Waals surface area contributed by atoms with Gasteiger partial charge in [0.1, 0.15) is 0 Å². The fourth-order valence-electron chi connectivity index (χ4n) is 1.21. The van der Waals surface area contributed by atoms with Gasteiger partial charge in [-0.2, -0.15) is 0 Å². The van der Waals surface area contributed by atoms with Gasteiger partial charge in [-0.25, -0.2) is 4.79 Å². The highest BCUT2D eigenvalue weighted by molar-refractivity contribution is 5.89. The molecule has 6 nitrogen and oxygen atoms in total. The number of nitrogens with zero attached hydrogens (tertiary/aromatic N) is 1. The Hall–Kier alpha value is -2.55. The molecule has 2 amide bonds. The molecule has 0 bridgehead atoms. The van der Waals surface area contributed by atoms with E-state index in [1.54, 1.807) is 6.92 Å². The minimum Gasteiger partial charge on any atom is -0.337 e. The minimum absolute atomic E-state index is 0.0146. The first-order valence-electron chi connectivity index (χ1n) is 5.32. The van der Waals surface area contributed by atoms with Gasteiger partial charge in [0.05, 0.1) is 4.92 Å². The number of nitro groups is 1. The van der Waals surface area contributed by atoms with Gasteiger partial charge in [0, 0.05) is 30.8 Å². The Morgan fingerprint density at radius 1 is 1.39 bits per heavy atom. The number of benzene rings is 1. The van der Waals surface area contributed by atoms with E-state index in [1.165, 1.54) is 24.3 Å². The molecule has 2 N–H and O–H groups in total. The molecule has 0 spiro atoms. The summed E-state index contributed by atoms with van der Waals surface area (Å²) in [5.74, 6) is 5.54. The number of non-ortho nitro benzene ring substituents is 1. The fraction of sp³-hybridized carbons (Fsp3) is 0.250. The van der Waals surface area contributed by atoms with Crippen LogP contribution in [0, 0.1) is 22.0 Å². The number of amides is 2. The van der Waals surface area contributed by atoms with Crippen molar-refractivity contribution in [3.63, 3.8) is 0 Å². The van der Waals surface area contributed by atoms with Crippen LogP contribution in [0.25, 0.3) is 0 Å². The Bertz CT molecular complexity index is 486. The van der Waals surface area contributed by atoms with Crippen molar-refractivity contribution in [3.05, 3.63) is 34.4 Å². The zero-order chi connectivity index (χ0) is 13.4. The second-order valence-corrected chi connectivity index (χ2v) is 3.36. The molecule has 18 heavy (non-hydrogen) atoms. The molecule has 1 rings (SSSR count). The zero-order valence-corrected chi connectivity index (χ0v) is 9.90. The van der Waals surface area contributed by atoms with E-state index < -0.39 is 4.92 Å². The van der Waals surface area contributed by atoms with Crippen molar-refractivity contribution >= 4 is 17.4 Å². The SMILES string of the molecule is CC#CCCNC(=O)Nc1ccc([N+](=O)[O-])cc1. The van der Waals surface area contributed by atoms with Crippen molar-refractivity contribution in [3.8, 4) is 11.8 Å². The molecule has 6 heteroatoms. The first kappa shape index (κ1) is 13.5. The lowest BCUT2D eigenvalue weighted by molar-refractivity contribution is -0.384. The largest absolute Gasteiger partial charge is 0.337 e. The van der Waals surface area contributed by atoms with Crippen LogP contribution >= 0.6 is 0 Å². The van der Waals surface area contributed by atoms with Crippen LogP contribution in [0.5, 0.6) is 0 Å². The Morgan fingerprint density at radius 2 is 2.06 bits per heavy atom. The Balaban J connectivity index is 2.43. The number of carbonyl (C=O) groups is 1. The smallest absolute Gasteiger partial charge is 0.319 e. The third kappa shape index (κ3) is 4.53. The van der Waals surface area contributed by atoms with Gasteiger partial charge in [-0.3, -0.25) is 10.1 Å². The van der Waals surface area contributed by atoms with E-state index in [0.29, 0.717) is 18.7 Å². The van der Waals surface area contributed by atoms with Crippen LogP contribution in [0.4, 0.5) is 16.2 Å². The Morgan fingerprint density at radius 3 is 2.61 bits per heavy atom. The molecule has 0 saturated heterocycles. The predicted molar refractivity (Wildman–Crippen MR) is 68.2 cm³/mol. The Labute approximate surface area is 105 Å². The molecule has 0 saturated carbocycles. The molecule has 0 heterocycles. The van der Waals surface area contributed by atoms with Crippen LogP contribution in [-0.2, 0) is 0 Å². The van der Waals surface area contributed by atoms with Gasteiger partial charge >= 0.3 is 6.03 Å². The molecular weight excluding hydrogens is 234 g/mol. The number of nitrogens with one attached hydrogen (secondary N) is 2. The number of nitro benzene ring substituents is 1. The molecule has 0 unspecified atom stereocenters. The standard InChI is InChI=1S/C12H13N3O3/c1-2-3-4-9-13-12(16)14-10-5-7-11(8-6-10)15(17)18/h5-8H,4,9H2,1H3,(H2,13,14,16). The summed E-state index contributed by atoms with van der Waals surface area (Å²) in [6.07, 6.45) is 0.587. The van der Waals surface area contributed by atoms with Gasteiger partial charge in [0.2, 0.25) is 0 Å². The van der Waals surface area contributed by atoms with Gasteiger partial charge < -0.3 is 10.6 Å². The molecule has 0 aromatic heterocycles. The van der Waals surface area contributed by atoms with Crippen molar-refractivity contribution < 1.29 is 9.72 Å². The van der Waals surface area contributed by atoms with E-state index in [-0.39, 0.29) is 11.7 Å². The summed E-state index contributed by atoms with van der Waals surface area (Å²) in [7, 11) is 0. The highest BCUT2D eigenvalue weighted by Gasteiger charge is 2.05. The third-order valence-corrected chi connectivity index (χ3v) is 2.05. The highest BCUT2D eigenvalue weighted by atomic mass is 16.6. The number of anilines is 1. The van der Waals surface area contributed by atoms with Crippen molar-refractivity contribution in [1.29, 1.82) is 0 Å². The summed E-state index contributed by atoms with van der Waals surface area (Å²) < 4.78 is 0. The predicted octanol–water partition coefficient (Wildman–Crippen LogP) is 2.13. The van der Waals surface area contributed by atoms with Crippen LogP contribution in [0.3, 0.4) is 0 Å². The summed E-state index contributed by atoms with van der Waals surface area (Å²) in [4.78, 5) is 21.3. The monoisotopic (exact) mass is 247 g/mol. The van der Waals surface area contributed by atoms with Gasteiger partial charge in [-0.05, 0) is 19.1 Å². The van der Waals surface area contributed by atoms with E-state index in [2.05, 4.69) is 22.5 Å². The molecule has 1 aromatic rings. The van der Waals surface area contributed by atoms with Crippen LogP contribution in [-0.4, -0.2) is 17.5 Å². The molecule has 0 aliphatic rings. The summed E-state index contributed by atoms with van der Waals surface area (Å²) in [6.45, 7) is 2.19. The van der Waals surface area contributed by atoms with Gasteiger partial charge in [-0.1, -0.05) is 0 Å².